The minimum atomic E-state index is -6.13. The highest BCUT2D eigenvalue weighted by Gasteiger charge is 2.63. The third-order valence-electron chi connectivity index (χ3n) is 4.27. The van der Waals surface area contributed by atoms with Crippen molar-refractivity contribution in [1.82, 2.24) is 4.98 Å². The van der Waals surface area contributed by atoms with Crippen LogP contribution in [0.3, 0.4) is 0 Å². The van der Waals surface area contributed by atoms with E-state index in [-0.39, 0.29) is 0 Å². The van der Waals surface area contributed by atoms with Crippen LogP contribution >= 0.6 is 0 Å². The number of hydrogen-bond acceptors (Lipinski definition) is 3. The van der Waals surface area contributed by atoms with Crippen LogP contribution in [0, 0.1) is 0 Å². The molecule has 0 aromatic carbocycles. The predicted molar refractivity (Wildman–Crippen MR) is 66.5 cm³/mol. The fourth-order valence-corrected chi connectivity index (χ4v) is 2.93. The number of aliphatic hydroxyl groups is 1. The molecule has 1 aromatic rings. The number of nitrogens with zero attached hydrogens (tertiary/aromatic N) is 1. The van der Waals surface area contributed by atoms with Crippen molar-refractivity contribution in [3.05, 3.63) is 23.0 Å². The average molecular weight is 395 g/mol. The number of hydrogen-bond donors (Lipinski definition) is 1. The zero-order valence-corrected chi connectivity index (χ0v) is 12.5. The van der Waals surface area contributed by atoms with E-state index in [9.17, 15) is 44.6 Å². The maximum absolute atomic E-state index is 14.1. The second kappa shape index (κ2) is 5.64. The van der Waals surface area contributed by atoms with Crippen molar-refractivity contribution in [2.75, 3.05) is 0 Å². The molecule has 0 aliphatic heterocycles. The number of fused-ring (bicyclic) bond motifs is 1. The summed E-state index contributed by atoms with van der Waals surface area (Å²) in [7, 11) is 0. The van der Waals surface area contributed by atoms with Gasteiger partial charge in [-0.25, -0.2) is 17.6 Å². The molecule has 1 saturated carbocycles. The summed E-state index contributed by atoms with van der Waals surface area (Å²) in [5.41, 5.74) is -4.51. The fraction of sp³-hybridized carbons (Fsp3) is 0.643. The van der Waals surface area contributed by atoms with E-state index in [0.717, 1.165) is 0 Å². The molecule has 2 aliphatic rings. The van der Waals surface area contributed by atoms with Crippen molar-refractivity contribution in [3.63, 3.8) is 0 Å². The predicted octanol–water partition coefficient (Wildman–Crippen LogP) is 4.31. The SMILES string of the molecule is O[C@H]1c2c(C(F)(F)C(F)(F)F)ncc(OC3CC(F)(F)C3)c2[C@@H](F)[C@H]1F. The molecule has 1 fully saturated rings. The molecule has 0 saturated heterocycles. The Balaban J connectivity index is 2.06. The lowest BCUT2D eigenvalue weighted by molar-refractivity contribution is -0.291. The molecule has 0 unspecified atom stereocenters. The number of pyridine rings is 1. The van der Waals surface area contributed by atoms with E-state index >= 15 is 0 Å². The van der Waals surface area contributed by atoms with Crippen LogP contribution in [0.2, 0.25) is 0 Å². The quantitative estimate of drug-likeness (QED) is 0.776. The van der Waals surface area contributed by atoms with Crippen LogP contribution in [-0.4, -0.2) is 34.5 Å². The van der Waals surface area contributed by atoms with Gasteiger partial charge in [0, 0.05) is 24.0 Å². The van der Waals surface area contributed by atoms with Crippen molar-refractivity contribution in [2.45, 2.75) is 55.4 Å². The Morgan fingerprint density at radius 2 is 1.65 bits per heavy atom. The minimum Gasteiger partial charge on any atom is -0.488 e. The maximum Gasteiger partial charge on any atom is 0.459 e. The first-order chi connectivity index (χ1) is 11.8. The van der Waals surface area contributed by atoms with Crippen molar-refractivity contribution >= 4 is 0 Å². The second-order valence-electron chi connectivity index (χ2n) is 6.17. The first kappa shape index (κ1) is 19.1. The van der Waals surface area contributed by atoms with E-state index in [1.165, 1.54) is 0 Å². The van der Waals surface area contributed by atoms with Crippen LogP contribution in [0.4, 0.5) is 39.5 Å². The number of rotatable bonds is 3. The molecule has 3 rings (SSSR count). The number of halogens is 9. The highest BCUT2D eigenvalue weighted by Crippen LogP contribution is 2.54. The first-order valence-corrected chi connectivity index (χ1v) is 7.25. The van der Waals surface area contributed by atoms with Crippen molar-refractivity contribution in [2.24, 2.45) is 0 Å². The van der Waals surface area contributed by atoms with Crippen LogP contribution in [-0.2, 0) is 5.92 Å². The molecule has 3 atom stereocenters. The summed E-state index contributed by atoms with van der Waals surface area (Å²) in [6.07, 6.45) is -16.8. The largest absolute Gasteiger partial charge is 0.488 e. The summed E-state index contributed by atoms with van der Waals surface area (Å²) in [6, 6.07) is 0. The molecular formula is C14H10F9NO2. The summed E-state index contributed by atoms with van der Waals surface area (Å²) >= 11 is 0. The highest BCUT2D eigenvalue weighted by atomic mass is 19.4. The van der Waals surface area contributed by atoms with E-state index in [4.69, 9.17) is 4.74 Å². The van der Waals surface area contributed by atoms with Gasteiger partial charge in [-0.05, 0) is 0 Å². The summed E-state index contributed by atoms with van der Waals surface area (Å²) < 4.78 is 124. The molecule has 0 bridgehead atoms. The Kier molecular flexibility index (Phi) is 4.13. The Bertz CT molecular complexity index is 713. The fourth-order valence-electron chi connectivity index (χ4n) is 2.93. The van der Waals surface area contributed by atoms with Gasteiger partial charge in [-0.2, -0.15) is 22.0 Å². The topological polar surface area (TPSA) is 42.4 Å². The van der Waals surface area contributed by atoms with Gasteiger partial charge in [0.05, 0.1) is 6.20 Å². The standard InChI is InChI=1S/C14H10F9NO2/c15-8-6-5(26-4-1-12(17,18)2-4)3-24-11(7(6)10(25)9(8)16)13(19,20)14(21,22)23/h3-4,8-10,25H,1-2H2/t8-,9-,10+/m1/s1. The van der Waals surface area contributed by atoms with Gasteiger partial charge >= 0.3 is 12.1 Å². The van der Waals surface area contributed by atoms with Gasteiger partial charge < -0.3 is 9.84 Å². The van der Waals surface area contributed by atoms with Gasteiger partial charge in [0.15, 0.2) is 12.3 Å². The summed E-state index contributed by atoms with van der Waals surface area (Å²) in [5.74, 6) is -9.40. The lowest BCUT2D eigenvalue weighted by Gasteiger charge is -2.35. The van der Waals surface area contributed by atoms with Crippen molar-refractivity contribution < 1.29 is 49.4 Å². The smallest absolute Gasteiger partial charge is 0.459 e. The summed E-state index contributed by atoms with van der Waals surface area (Å²) in [4.78, 5) is 2.88. The molecule has 3 nitrogen and oxygen atoms in total. The Morgan fingerprint density at radius 1 is 1.08 bits per heavy atom. The number of aliphatic hydroxyl groups excluding tert-OH is 1. The highest BCUT2D eigenvalue weighted by molar-refractivity contribution is 5.50. The molecule has 1 heterocycles. The number of aromatic nitrogens is 1. The molecule has 1 N–H and O–H groups in total. The van der Waals surface area contributed by atoms with E-state index < -0.39 is 78.0 Å². The molecule has 2 aliphatic carbocycles. The van der Waals surface area contributed by atoms with Gasteiger partial charge in [-0.1, -0.05) is 0 Å². The Morgan fingerprint density at radius 3 is 2.15 bits per heavy atom. The monoisotopic (exact) mass is 395 g/mol. The second-order valence-corrected chi connectivity index (χ2v) is 6.17. The molecule has 146 valence electrons. The van der Waals surface area contributed by atoms with Crippen LogP contribution in [0.5, 0.6) is 5.75 Å². The Hall–Kier alpha value is -1.72. The zero-order chi connectivity index (χ0) is 19.7. The molecule has 0 radical (unpaired) electrons. The molecule has 1 aromatic heterocycles. The molecule has 12 heteroatoms. The average Bonchev–Trinajstić information content (AvgIpc) is 2.70. The van der Waals surface area contributed by atoms with Gasteiger partial charge in [0.2, 0.25) is 0 Å². The number of alkyl halides is 9. The van der Waals surface area contributed by atoms with Crippen LogP contribution in [0.25, 0.3) is 0 Å². The number of ether oxygens (including phenoxy) is 1. The lowest BCUT2D eigenvalue weighted by Crippen LogP contribution is -2.43. The molecular weight excluding hydrogens is 385 g/mol. The van der Waals surface area contributed by atoms with Crippen molar-refractivity contribution in [3.8, 4) is 5.75 Å². The molecule has 26 heavy (non-hydrogen) atoms. The van der Waals surface area contributed by atoms with E-state index in [0.29, 0.717) is 6.20 Å². The normalized spacial score (nSPS) is 28.6. The van der Waals surface area contributed by atoms with Crippen LogP contribution in [0.15, 0.2) is 6.20 Å². The Labute approximate surface area is 139 Å². The minimum absolute atomic E-state index is 0.293. The van der Waals surface area contributed by atoms with Gasteiger partial charge in [0.25, 0.3) is 5.92 Å². The molecule has 0 amide bonds. The molecule has 0 spiro atoms. The first-order valence-electron chi connectivity index (χ1n) is 7.25. The zero-order valence-electron chi connectivity index (χ0n) is 12.5. The third kappa shape index (κ3) is 2.78. The maximum atomic E-state index is 14.1. The van der Waals surface area contributed by atoms with E-state index in [1.54, 1.807) is 0 Å². The summed E-state index contributed by atoms with van der Waals surface area (Å²) in [6.45, 7) is 0. The van der Waals surface area contributed by atoms with Crippen LogP contribution < -0.4 is 4.74 Å². The van der Waals surface area contributed by atoms with Gasteiger partial charge in [0.1, 0.15) is 23.7 Å². The third-order valence-corrected chi connectivity index (χ3v) is 4.27. The van der Waals surface area contributed by atoms with E-state index in [2.05, 4.69) is 4.98 Å². The lowest BCUT2D eigenvalue weighted by atomic mass is 9.91. The van der Waals surface area contributed by atoms with Gasteiger partial charge in [-0.3, -0.25) is 4.98 Å². The van der Waals surface area contributed by atoms with Crippen molar-refractivity contribution in [1.29, 1.82) is 0 Å². The van der Waals surface area contributed by atoms with Crippen LogP contribution in [0.1, 0.15) is 41.9 Å². The van der Waals surface area contributed by atoms with Gasteiger partial charge in [-0.15, -0.1) is 0 Å². The summed E-state index contributed by atoms with van der Waals surface area (Å²) in [5, 5.41) is 9.61. The van der Waals surface area contributed by atoms with E-state index in [1.807, 2.05) is 0 Å².